The number of rotatable bonds is 11. The number of cyclic esters (lactones) is 1. The van der Waals surface area contributed by atoms with E-state index in [-0.39, 0.29) is 28.3 Å². The zero-order valence-corrected chi connectivity index (χ0v) is 29.8. The summed E-state index contributed by atoms with van der Waals surface area (Å²) in [7, 11) is -8.51. The molecular formula is C30H31ClF3N6O10PS. The highest BCUT2D eigenvalue weighted by Gasteiger charge is 2.55. The van der Waals surface area contributed by atoms with Gasteiger partial charge in [0.05, 0.1) is 23.8 Å². The number of nitrogens with one attached hydrogen (secondary N) is 3. The molecule has 6 atom stereocenters. The quantitative estimate of drug-likeness (QED) is 0.0832. The van der Waals surface area contributed by atoms with Crippen LogP contribution in [0.15, 0.2) is 61.1 Å². The minimum Gasteiger partial charge on any atom is -0.459 e. The van der Waals surface area contributed by atoms with Gasteiger partial charge in [-0.3, -0.25) is 9.95 Å². The van der Waals surface area contributed by atoms with Gasteiger partial charge in [-0.25, -0.2) is 27.7 Å². The number of carbonyl (C=O) groups excluding carboxylic acids is 1. The van der Waals surface area contributed by atoms with E-state index in [0.29, 0.717) is 10.4 Å². The van der Waals surface area contributed by atoms with Crippen LogP contribution in [0.1, 0.15) is 36.8 Å². The van der Waals surface area contributed by atoms with E-state index in [1.807, 2.05) is 0 Å². The van der Waals surface area contributed by atoms with Crippen LogP contribution >= 0.6 is 19.3 Å². The molecule has 6 rings (SSSR count). The summed E-state index contributed by atoms with van der Waals surface area (Å²) in [5.74, 6) is -1.09. The molecule has 2 aromatic heterocycles. The average molecular weight is 791 g/mol. The number of alkyl halides is 3. The Morgan fingerprint density at radius 3 is 2.54 bits per heavy atom. The van der Waals surface area contributed by atoms with Gasteiger partial charge in [-0.15, -0.1) is 4.83 Å². The van der Waals surface area contributed by atoms with E-state index in [4.69, 9.17) is 30.1 Å². The summed E-state index contributed by atoms with van der Waals surface area (Å²) in [5, 5.41) is 25.7. The first-order valence-electron chi connectivity index (χ1n) is 15.2. The molecule has 2 aliphatic heterocycles. The van der Waals surface area contributed by atoms with Gasteiger partial charge in [-0.1, -0.05) is 23.7 Å². The lowest BCUT2D eigenvalue weighted by Gasteiger charge is -2.37. The van der Waals surface area contributed by atoms with Gasteiger partial charge in [-0.2, -0.15) is 18.3 Å². The number of fused-ring (bicyclic) bond motifs is 2. The van der Waals surface area contributed by atoms with Crippen LogP contribution in [0.4, 0.5) is 19.0 Å². The number of carbonyl (C=O) groups is 1. The van der Waals surface area contributed by atoms with Crippen molar-refractivity contribution in [3.63, 3.8) is 0 Å². The molecule has 16 nitrogen and oxygen atoms in total. The second-order valence-electron chi connectivity index (χ2n) is 12.4. The summed E-state index contributed by atoms with van der Waals surface area (Å²) in [6.45, 7) is 0.958. The van der Waals surface area contributed by atoms with E-state index in [2.05, 4.69) is 25.3 Å². The molecule has 4 heterocycles. The molecule has 2 aromatic carbocycles. The Morgan fingerprint density at radius 2 is 1.87 bits per heavy atom. The zero-order chi connectivity index (χ0) is 37.9. The normalized spacial score (nSPS) is 26.1. The molecule has 0 spiro atoms. The largest absolute Gasteiger partial charge is 0.460 e. The molecule has 4 unspecified atom stereocenters. The van der Waals surface area contributed by atoms with Crippen molar-refractivity contribution in [1.82, 2.24) is 24.5 Å². The minimum atomic E-state index is -4.85. The highest BCUT2D eigenvalue weighted by Crippen LogP contribution is 2.52. The lowest BCUT2D eigenvalue weighted by molar-refractivity contribution is -0.156. The third-order valence-corrected chi connectivity index (χ3v) is 10.8. The molecule has 0 aliphatic carbocycles. The number of halogens is 4. The number of anilines is 1. The van der Waals surface area contributed by atoms with Crippen LogP contribution in [0.3, 0.4) is 0 Å². The Balaban J connectivity index is 1.30. The number of hydrazine groups is 1. The molecule has 22 heteroatoms. The van der Waals surface area contributed by atoms with Gasteiger partial charge < -0.3 is 28.8 Å². The van der Waals surface area contributed by atoms with Gasteiger partial charge >= 0.3 is 19.9 Å². The summed E-state index contributed by atoms with van der Waals surface area (Å²) < 4.78 is 103. The first kappa shape index (κ1) is 37.9. The Hall–Kier alpha value is -3.85. The van der Waals surface area contributed by atoms with Crippen LogP contribution in [0.25, 0.3) is 11.0 Å². The zero-order valence-electron chi connectivity index (χ0n) is 27.3. The van der Waals surface area contributed by atoms with Crippen molar-refractivity contribution in [3.8, 4) is 5.75 Å². The van der Waals surface area contributed by atoms with Crippen molar-refractivity contribution in [2.24, 2.45) is 0 Å². The predicted molar refractivity (Wildman–Crippen MR) is 177 cm³/mol. The van der Waals surface area contributed by atoms with Gasteiger partial charge in [0.15, 0.2) is 12.0 Å². The molecule has 0 bridgehead atoms. The third-order valence-electron chi connectivity index (χ3n) is 8.46. The maximum Gasteiger partial charge on any atom is 0.460 e. The first-order valence-corrected chi connectivity index (χ1v) is 19.0. The molecule has 1 fully saturated rings. The predicted octanol–water partition coefficient (Wildman–Crippen LogP) is 3.75. The van der Waals surface area contributed by atoms with Crippen molar-refractivity contribution in [3.05, 3.63) is 82.8 Å². The van der Waals surface area contributed by atoms with Gasteiger partial charge in [-0.05, 0) is 55.8 Å². The molecule has 0 saturated carbocycles. The number of esters is 1. The highest BCUT2D eigenvalue weighted by molar-refractivity contribution is 7.88. The average Bonchev–Trinajstić information content (AvgIpc) is 3.58. The summed E-state index contributed by atoms with van der Waals surface area (Å²) >= 11 is 5.98. The smallest absolute Gasteiger partial charge is 0.459 e. The third kappa shape index (κ3) is 7.35. The number of sulfonamides is 1. The topological polar surface area (TPSA) is 212 Å². The molecule has 2 aliphatic rings. The first-order chi connectivity index (χ1) is 24.2. The van der Waals surface area contributed by atoms with E-state index in [1.54, 1.807) is 0 Å². The SMILES string of the molecule is CC1(NP(=O)(OCC2OC(n3ccc4c(NNS(C)(=O)=O)ncnc43)[C@](C)(O)[C@@H]2O)Oc2ccc(Cl)cc2)C(=O)OCc2c(C(F)(F)F)cccc21. The fourth-order valence-corrected chi connectivity index (χ4v) is 7.99. The van der Waals surface area contributed by atoms with E-state index in [1.165, 1.54) is 54.1 Å². The molecule has 0 radical (unpaired) electrons. The van der Waals surface area contributed by atoms with Crippen LogP contribution in [-0.4, -0.2) is 69.8 Å². The molecule has 5 N–H and O–H groups in total. The molecule has 52 heavy (non-hydrogen) atoms. The van der Waals surface area contributed by atoms with Crippen LogP contribution in [-0.2, 0) is 51.7 Å². The van der Waals surface area contributed by atoms with Crippen LogP contribution < -0.4 is 19.9 Å². The number of aliphatic hydroxyl groups excluding tert-OH is 1. The van der Waals surface area contributed by atoms with Gasteiger partial charge in [0.2, 0.25) is 10.0 Å². The van der Waals surface area contributed by atoms with E-state index in [9.17, 15) is 41.2 Å². The lowest BCUT2D eigenvalue weighted by atomic mass is 9.85. The minimum absolute atomic E-state index is 0.0669. The fourth-order valence-electron chi connectivity index (χ4n) is 5.91. The molecular weight excluding hydrogens is 760 g/mol. The van der Waals surface area contributed by atoms with Crippen molar-refractivity contribution >= 4 is 52.2 Å². The molecule has 1 saturated heterocycles. The molecule has 0 amide bonds. The van der Waals surface area contributed by atoms with Crippen LogP contribution in [0.5, 0.6) is 5.75 Å². The Labute approximate surface area is 298 Å². The Bertz CT molecular complexity index is 2170. The number of aromatic nitrogens is 3. The number of hydrogen-bond acceptors (Lipinski definition) is 13. The second-order valence-corrected chi connectivity index (χ2v) is 16.2. The van der Waals surface area contributed by atoms with E-state index >= 15 is 0 Å². The highest BCUT2D eigenvalue weighted by atomic mass is 35.5. The number of ether oxygens (including phenoxy) is 2. The number of aliphatic hydroxyl groups is 2. The van der Waals surface area contributed by atoms with Crippen LogP contribution in [0, 0.1) is 0 Å². The van der Waals surface area contributed by atoms with Crippen molar-refractivity contribution in [2.75, 3.05) is 18.3 Å². The lowest BCUT2D eigenvalue weighted by Crippen LogP contribution is -2.50. The monoisotopic (exact) mass is 790 g/mol. The van der Waals surface area contributed by atoms with Crippen LogP contribution in [0.2, 0.25) is 5.02 Å². The number of nitrogens with zero attached hydrogens (tertiary/aromatic N) is 3. The summed E-state index contributed by atoms with van der Waals surface area (Å²) in [6, 6.07) is 10.1. The molecule has 4 aromatic rings. The van der Waals surface area contributed by atoms with Gasteiger partial charge in [0.1, 0.15) is 47.7 Å². The fraction of sp³-hybridized carbons (Fsp3) is 0.367. The maximum atomic E-state index is 14.6. The summed E-state index contributed by atoms with van der Waals surface area (Å²) in [5.41, 5.74) is -3.26. The Kier molecular flexibility index (Phi) is 9.86. The Morgan fingerprint density at radius 1 is 1.15 bits per heavy atom. The van der Waals surface area contributed by atoms with Crippen molar-refractivity contribution in [1.29, 1.82) is 0 Å². The van der Waals surface area contributed by atoms with Gasteiger partial charge in [0.25, 0.3) is 0 Å². The standard InChI is InChI=1S/C30H31ClF3N6O10PS/c1-28(20-5-4-6-21(30(32,33)34)19(20)13-47-27(28)42)38-51(44,50-17-9-7-16(31)8-10-17)48-14-22-23(41)29(2,43)26(49-22)40-12-11-18-24(35-15-36-25(18)40)37-39-52(3,45)46/h4-12,15,22-23,26,39,41,43H,13-14H2,1-3H3,(H,38,44)(H,35,36,37)/t22?,23-,26?,28?,29-,51?/m1/s1. The van der Waals surface area contributed by atoms with Crippen molar-refractivity contribution < 1.29 is 59.7 Å². The van der Waals surface area contributed by atoms with E-state index < -0.39 is 78.3 Å². The summed E-state index contributed by atoms with van der Waals surface area (Å²) in [4.78, 5) is 23.6. The van der Waals surface area contributed by atoms with E-state index in [0.717, 1.165) is 31.6 Å². The van der Waals surface area contributed by atoms with Gasteiger partial charge in [0, 0.05) is 16.8 Å². The second kappa shape index (κ2) is 13.5. The van der Waals surface area contributed by atoms with Crippen molar-refractivity contribution in [2.45, 2.75) is 56.2 Å². The number of benzene rings is 2. The number of hydrogen-bond donors (Lipinski definition) is 5. The summed E-state index contributed by atoms with van der Waals surface area (Å²) in [6.07, 6.45) is -5.81. The maximum absolute atomic E-state index is 14.6. The molecule has 280 valence electrons.